The Morgan fingerprint density at radius 2 is 1.90 bits per heavy atom. The molecule has 0 aromatic carbocycles. The Hall–Kier alpha value is -1.26. The molecule has 2 rings (SSSR count). The molecule has 5 nitrogen and oxygen atoms in total. The monoisotopic (exact) mass is 282 g/mol. The number of carbonyl (C=O) groups is 2. The highest BCUT2D eigenvalue weighted by molar-refractivity contribution is 5.75. The van der Waals surface area contributed by atoms with Gasteiger partial charge < -0.3 is 15.3 Å². The molecule has 2 aliphatic carbocycles. The minimum atomic E-state index is -0.731. The number of carboxylic acid groups (broad SMARTS) is 1. The predicted octanol–water partition coefficient (Wildman–Crippen LogP) is 2.46. The molecule has 20 heavy (non-hydrogen) atoms. The van der Waals surface area contributed by atoms with Gasteiger partial charge in [0.25, 0.3) is 0 Å². The average Bonchev–Trinajstić information content (AvgIpc) is 2.37. The second-order valence-electron chi connectivity index (χ2n) is 6.18. The number of urea groups is 1. The zero-order chi connectivity index (χ0) is 14.5. The topological polar surface area (TPSA) is 69.6 Å². The van der Waals surface area contributed by atoms with E-state index in [-0.39, 0.29) is 18.0 Å². The van der Waals surface area contributed by atoms with Crippen LogP contribution in [0.25, 0.3) is 0 Å². The van der Waals surface area contributed by atoms with Crippen LogP contribution in [0.4, 0.5) is 4.79 Å². The zero-order valence-electron chi connectivity index (χ0n) is 12.3. The van der Waals surface area contributed by atoms with Gasteiger partial charge in [0.15, 0.2) is 0 Å². The first kappa shape index (κ1) is 15.1. The summed E-state index contributed by atoms with van der Waals surface area (Å²) in [6.07, 6.45) is 6.84. The van der Waals surface area contributed by atoms with E-state index in [1.165, 1.54) is 19.3 Å². The normalized spacial score (nSPS) is 26.6. The van der Waals surface area contributed by atoms with Crippen LogP contribution in [0, 0.1) is 11.8 Å². The molecule has 2 aliphatic rings. The number of aliphatic carboxylic acids is 1. The van der Waals surface area contributed by atoms with E-state index >= 15 is 0 Å². The quantitative estimate of drug-likeness (QED) is 0.813. The summed E-state index contributed by atoms with van der Waals surface area (Å²) < 4.78 is 0. The summed E-state index contributed by atoms with van der Waals surface area (Å²) in [7, 11) is 0. The van der Waals surface area contributed by atoms with Gasteiger partial charge >= 0.3 is 12.0 Å². The molecule has 0 aliphatic heterocycles. The first-order valence-corrected chi connectivity index (χ1v) is 7.88. The summed E-state index contributed by atoms with van der Waals surface area (Å²) in [5.74, 6) is -0.361. The van der Waals surface area contributed by atoms with E-state index in [0.717, 1.165) is 32.4 Å². The number of hydrogen-bond donors (Lipinski definition) is 2. The molecule has 2 saturated carbocycles. The van der Waals surface area contributed by atoms with Gasteiger partial charge in [0.1, 0.15) is 0 Å². The van der Waals surface area contributed by atoms with Crippen molar-refractivity contribution in [2.24, 2.45) is 11.8 Å². The molecule has 0 bridgehead atoms. The Kier molecular flexibility index (Phi) is 5.26. The fourth-order valence-electron chi connectivity index (χ4n) is 3.15. The number of hydrogen-bond acceptors (Lipinski definition) is 2. The Morgan fingerprint density at radius 3 is 2.45 bits per heavy atom. The molecule has 0 aromatic heterocycles. The molecule has 0 heterocycles. The van der Waals surface area contributed by atoms with Gasteiger partial charge in [0.05, 0.1) is 5.92 Å². The zero-order valence-corrected chi connectivity index (χ0v) is 12.3. The number of nitrogens with zero attached hydrogens (tertiary/aromatic N) is 1. The van der Waals surface area contributed by atoms with Gasteiger partial charge in [-0.05, 0) is 44.9 Å². The standard InChI is InChI=1S/C15H26N2O3/c1-2-17(10-11-5-3-6-11)15(20)16-13-8-4-7-12(9-13)14(18)19/h11-13H,2-10H2,1H3,(H,16,20)(H,18,19). The molecule has 2 fully saturated rings. The third-order valence-electron chi connectivity index (χ3n) is 4.72. The second-order valence-corrected chi connectivity index (χ2v) is 6.18. The van der Waals surface area contributed by atoms with Crippen molar-refractivity contribution in [3.63, 3.8) is 0 Å². The van der Waals surface area contributed by atoms with E-state index in [9.17, 15) is 9.59 Å². The highest BCUT2D eigenvalue weighted by atomic mass is 16.4. The molecule has 2 unspecified atom stereocenters. The first-order valence-electron chi connectivity index (χ1n) is 7.88. The fraction of sp³-hybridized carbons (Fsp3) is 0.867. The van der Waals surface area contributed by atoms with Crippen LogP contribution in [0.2, 0.25) is 0 Å². The third kappa shape index (κ3) is 3.87. The van der Waals surface area contributed by atoms with Gasteiger partial charge in [-0.2, -0.15) is 0 Å². The summed E-state index contributed by atoms with van der Waals surface area (Å²) in [4.78, 5) is 25.2. The summed E-state index contributed by atoms with van der Waals surface area (Å²) in [6, 6.07) is 0.00299. The smallest absolute Gasteiger partial charge is 0.317 e. The average molecular weight is 282 g/mol. The molecule has 0 saturated heterocycles. The lowest BCUT2D eigenvalue weighted by Gasteiger charge is -2.34. The molecule has 0 radical (unpaired) electrons. The van der Waals surface area contributed by atoms with Crippen molar-refractivity contribution in [1.29, 1.82) is 0 Å². The van der Waals surface area contributed by atoms with E-state index in [1.807, 2.05) is 11.8 Å². The van der Waals surface area contributed by atoms with Crippen LogP contribution >= 0.6 is 0 Å². The summed E-state index contributed by atoms with van der Waals surface area (Å²) in [5, 5.41) is 12.1. The number of carboxylic acids is 1. The molecular formula is C15H26N2O3. The van der Waals surface area contributed by atoms with Gasteiger partial charge in [-0.15, -0.1) is 0 Å². The van der Waals surface area contributed by atoms with Crippen molar-refractivity contribution in [3.05, 3.63) is 0 Å². The van der Waals surface area contributed by atoms with E-state index in [4.69, 9.17) is 5.11 Å². The van der Waals surface area contributed by atoms with Crippen molar-refractivity contribution >= 4 is 12.0 Å². The molecule has 114 valence electrons. The minimum absolute atomic E-state index is 0.0181. The lowest BCUT2D eigenvalue weighted by molar-refractivity contribution is -0.143. The van der Waals surface area contributed by atoms with Gasteiger partial charge in [-0.1, -0.05) is 12.8 Å². The lowest BCUT2D eigenvalue weighted by atomic mass is 9.85. The summed E-state index contributed by atoms with van der Waals surface area (Å²) in [6.45, 7) is 3.56. The highest BCUT2D eigenvalue weighted by Crippen LogP contribution is 2.27. The summed E-state index contributed by atoms with van der Waals surface area (Å²) in [5.41, 5.74) is 0. The van der Waals surface area contributed by atoms with Crippen LogP contribution in [0.3, 0.4) is 0 Å². The predicted molar refractivity (Wildman–Crippen MR) is 76.5 cm³/mol. The Balaban J connectivity index is 1.80. The molecule has 0 aromatic rings. The SMILES string of the molecule is CCN(CC1CCC1)C(=O)NC1CCCC(C(=O)O)C1. The van der Waals surface area contributed by atoms with Crippen molar-refractivity contribution in [2.45, 2.75) is 57.9 Å². The molecule has 2 atom stereocenters. The number of amides is 2. The Labute approximate surface area is 120 Å². The van der Waals surface area contributed by atoms with Gasteiger partial charge in [0, 0.05) is 19.1 Å². The van der Waals surface area contributed by atoms with Gasteiger partial charge in [0.2, 0.25) is 0 Å². The van der Waals surface area contributed by atoms with E-state index in [1.54, 1.807) is 0 Å². The molecule has 2 amide bonds. The summed E-state index contributed by atoms with van der Waals surface area (Å²) >= 11 is 0. The minimum Gasteiger partial charge on any atom is -0.481 e. The Bertz CT molecular complexity index is 355. The van der Waals surface area contributed by atoms with Crippen molar-refractivity contribution in [2.75, 3.05) is 13.1 Å². The third-order valence-corrected chi connectivity index (χ3v) is 4.72. The van der Waals surface area contributed by atoms with E-state index < -0.39 is 5.97 Å². The molecular weight excluding hydrogens is 256 g/mol. The molecule has 2 N–H and O–H groups in total. The van der Waals surface area contributed by atoms with Crippen molar-refractivity contribution < 1.29 is 14.7 Å². The van der Waals surface area contributed by atoms with Crippen LogP contribution in [-0.4, -0.2) is 41.1 Å². The number of rotatable bonds is 5. The van der Waals surface area contributed by atoms with Crippen LogP contribution < -0.4 is 5.32 Å². The maximum absolute atomic E-state index is 12.3. The fourth-order valence-corrected chi connectivity index (χ4v) is 3.15. The maximum Gasteiger partial charge on any atom is 0.317 e. The van der Waals surface area contributed by atoms with Crippen LogP contribution in [0.5, 0.6) is 0 Å². The van der Waals surface area contributed by atoms with E-state index in [2.05, 4.69) is 5.32 Å². The molecule has 0 spiro atoms. The van der Waals surface area contributed by atoms with Crippen LogP contribution in [-0.2, 0) is 4.79 Å². The number of nitrogens with one attached hydrogen (secondary N) is 1. The first-order chi connectivity index (χ1) is 9.60. The second kappa shape index (κ2) is 6.95. The van der Waals surface area contributed by atoms with Crippen molar-refractivity contribution in [1.82, 2.24) is 10.2 Å². The largest absolute Gasteiger partial charge is 0.481 e. The van der Waals surface area contributed by atoms with Gasteiger partial charge in [-0.3, -0.25) is 4.79 Å². The van der Waals surface area contributed by atoms with Crippen molar-refractivity contribution in [3.8, 4) is 0 Å². The molecule has 5 heteroatoms. The lowest BCUT2D eigenvalue weighted by Crippen LogP contribution is -2.48. The maximum atomic E-state index is 12.3. The highest BCUT2D eigenvalue weighted by Gasteiger charge is 2.29. The van der Waals surface area contributed by atoms with Crippen LogP contribution in [0.1, 0.15) is 51.9 Å². The number of carbonyl (C=O) groups excluding carboxylic acids is 1. The Morgan fingerprint density at radius 1 is 1.20 bits per heavy atom. The van der Waals surface area contributed by atoms with Gasteiger partial charge in [-0.25, -0.2) is 4.79 Å². The van der Waals surface area contributed by atoms with E-state index in [0.29, 0.717) is 12.3 Å². The van der Waals surface area contributed by atoms with Crippen LogP contribution in [0.15, 0.2) is 0 Å².